The summed E-state index contributed by atoms with van der Waals surface area (Å²) in [6.07, 6.45) is 0.0979. The smallest absolute Gasteiger partial charge is 0.310 e. The van der Waals surface area contributed by atoms with Crippen molar-refractivity contribution in [2.75, 3.05) is 21.2 Å². The van der Waals surface area contributed by atoms with Crippen LogP contribution in [0.4, 0.5) is 0 Å². The van der Waals surface area contributed by atoms with Gasteiger partial charge in [-0.05, 0) is 0 Å². The van der Waals surface area contributed by atoms with Gasteiger partial charge >= 0.3 is 5.97 Å². The van der Waals surface area contributed by atoms with Gasteiger partial charge in [0.1, 0.15) is 0 Å². The average molecular weight is 262 g/mol. The Hall–Kier alpha value is -1.07. The monoisotopic (exact) mass is 261 g/mol. The van der Waals surface area contributed by atoms with Crippen LogP contribution in [-0.2, 0) is 16.0 Å². The third kappa shape index (κ3) is 2.74. The Morgan fingerprint density at radius 1 is 1.50 bits per heavy atom. The van der Waals surface area contributed by atoms with Crippen LogP contribution in [0.25, 0.3) is 0 Å². The number of esters is 1. The van der Waals surface area contributed by atoms with E-state index in [-0.39, 0.29) is 18.3 Å². The van der Waals surface area contributed by atoms with Crippen molar-refractivity contribution in [3.63, 3.8) is 0 Å². The minimum atomic E-state index is -0.368. The molecule has 0 bridgehead atoms. The first-order valence-corrected chi connectivity index (χ1v) is 5.77. The Kier molecular flexibility index (Phi) is 4.32. The highest BCUT2D eigenvalue weighted by Crippen LogP contribution is 2.29. The van der Waals surface area contributed by atoms with Crippen LogP contribution >= 0.6 is 22.9 Å². The first-order chi connectivity index (χ1) is 7.47. The van der Waals surface area contributed by atoms with Crippen LogP contribution in [0, 0.1) is 0 Å². The molecule has 0 aliphatic carbocycles. The van der Waals surface area contributed by atoms with Crippen molar-refractivity contribution in [3.8, 4) is 0 Å². The molecule has 0 saturated heterocycles. The number of nitrogens with zero attached hydrogens (tertiary/aromatic N) is 1. The maximum Gasteiger partial charge on any atom is 0.310 e. The summed E-state index contributed by atoms with van der Waals surface area (Å²) in [6, 6.07) is 0. The SMILES string of the molecule is COC(=O)Cc1scc(C(=O)N(C)C)c1Cl. The number of hydrogen-bond donors (Lipinski definition) is 0. The van der Waals surface area contributed by atoms with Crippen molar-refractivity contribution in [1.29, 1.82) is 0 Å². The lowest BCUT2D eigenvalue weighted by molar-refractivity contribution is -0.139. The van der Waals surface area contributed by atoms with Crippen LogP contribution in [0.5, 0.6) is 0 Å². The molecule has 0 aliphatic rings. The summed E-state index contributed by atoms with van der Waals surface area (Å²) in [5, 5.41) is 2.00. The Morgan fingerprint density at radius 3 is 2.62 bits per heavy atom. The van der Waals surface area contributed by atoms with Crippen molar-refractivity contribution < 1.29 is 14.3 Å². The molecule has 0 aliphatic heterocycles. The lowest BCUT2D eigenvalue weighted by atomic mass is 10.2. The molecule has 1 rings (SSSR count). The van der Waals surface area contributed by atoms with Gasteiger partial charge in [-0.25, -0.2) is 0 Å². The number of carbonyl (C=O) groups is 2. The molecule has 16 heavy (non-hydrogen) atoms. The number of rotatable bonds is 3. The van der Waals surface area contributed by atoms with E-state index in [4.69, 9.17) is 11.6 Å². The van der Waals surface area contributed by atoms with Crippen LogP contribution in [0.1, 0.15) is 15.2 Å². The van der Waals surface area contributed by atoms with Gasteiger partial charge in [0.15, 0.2) is 0 Å². The first-order valence-electron chi connectivity index (χ1n) is 4.51. The van der Waals surface area contributed by atoms with E-state index in [1.54, 1.807) is 19.5 Å². The maximum atomic E-state index is 11.7. The standard InChI is InChI=1S/C10H12ClNO3S/c1-12(2)10(14)6-5-16-7(9(6)11)4-8(13)15-3/h5H,4H2,1-3H3. The molecule has 0 aromatic carbocycles. The van der Waals surface area contributed by atoms with Gasteiger partial charge in [0.25, 0.3) is 5.91 Å². The van der Waals surface area contributed by atoms with Gasteiger partial charge in [-0.2, -0.15) is 0 Å². The van der Waals surface area contributed by atoms with Crippen molar-refractivity contribution in [2.45, 2.75) is 6.42 Å². The summed E-state index contributed by atoms with van der Waals surface area (Å²) in [6.45, 7) is 0. The Morgan fingerprint density at radius 2 is 2.12 bits per heavy atom. The minimum absolute atomic E-state index is 0.0979. The summed E-state index contributed by atoms with van der Waals surface area (Å²) in [5.41, 5.74) is 0.426. The van der Waals surface area contributed by atoms with E-state index in [0.29, 0.717) is 15.5 Å². The molecule has 1 amide bonds. The van der Waals surface area contributed by atoms with E-state index in [2.05, 4.69) is 4.74 Å². The fourth-order valence-electron chi connectivity index (χ4n) is 1.09. The van der Waals surface area contributed by atoms with E-state index in [9.17, 15) is 9.59 Å². The van der Waals surface area contributed by atoms with E-state index in [1.807, 2.05) is 0 Å². The zero-order valence-corrected chi connectivity index (χ0v) is 10.8. The number of carbonyl (C=O) groups excluding carboxylic acids is 2. The normalized spacial score (nSPS) is 10.0. The van der Waals surface area contributed by atoms with Gasteiger partial charge in [0.2, 0.25) is 0 Å². The highest BCUT2D eigenvalue weighted by atomic mass is 35.5. The zero-order chi connectivity index (χ0) is 12.3. The predicted octanol–water partition coefficient (Wildman–Crippen LogP) is 1.82. The van der Waals surface area contributed by atoms with Crippen LogP contribution in [0.2, 0.25) is 5.02 Å². The number of hydrogen-bond acceptors (Lipinski definition) is 4. The third-order valence-corrected chi connectivity index (χ3v) is 3.50. The lowest BCUT2D eigenvalue weighted by Crippen LogP contribution is -2.21. The quantitative estimate of drug-likeness (QED) is 0.780. The molecule has 0 atom stereocenters. The molecule has 0 N–H and O–H groups in total. The predicted molar refractivity (Wildman–Crippen MR) is 63.1 cm³/mol. The molecule has 0 fully saturated rings. The molecule has 88 valence electrons. The third-order valence-electron chi connectivity index (χ3n) is 1.97. The lowest BCUT2D eigenvalue weighted by Gasteiger charge is -2.08. The highest BCUT2D eigenvalue weighted by molar-refractivity contribution is 7.11. The van der Waals surface area contributed by atoms with Crippen molar-refractivity contribution in [3.05, 3.63) is 20.8 Å². The molecule has 0 spiro atoms. The fourth-order valence-corrected chi connectivity index (χ4v) is 2.39. The van der Waals surface area contributed by atoms with Crippen LogP contribution in [-0.4, -0.2) is 38.0 Å². The maximum absolute atomic E-state index is 11.7. The Labute approximate surface area is 103 Å². The first kappa shape index (κ1) is 13.0. The second-order valence-corrected chi connectivity index (χ2v) is 4.68. The number of amides is 1. The van der Waals surface area contributed by atoms with Gasteiger partial charge in [0, 0.05) is 24.4 Å². The fraction of sp³-hybridized carbons (Fsp3) is 0.400. The molecule has 0 unspecified atom stereocenters. The van der Waals surface area contributed by atoms with Crippen LogP contribution < -0.4 is 0 Å². The molecule has 4 nitrogen and oxygen atoms in total. The summed E-state index contributed by atoms with van der Waals surface area (Å²) in [4.78, 5) is 24.8. The van der Waals surface area contributed by atoms with Gasteiger partial charge in [0.05, 0.1) is 24.1 Å². The number of halogens is 1. The molecule has 0 saturated carbocycles. The Bertz CT molecular complexity index is 414. The van der Waals surface area contributed by atoms with E-state index in [1.165, 1.54) is 23.3 Å². The van der Waals surface area contributed by atoms with Crippen LogP contribution in [0.15, 0.2) is 5.38 Å². The van der Waals surface area contributed by atoms with E-state index >= 15 is 0 Å². The molecule has 1 aromatic heterocycles. The van der Waals surface area contributed by atoms with Gasteiger partial charge in [-0.15, -0.1) is 11.3 Å². The topological polar surface area (TPSA) is 46.6 Å². The number of methoxy groups -OCH3 is 1. The van der Waals surface area contributed by atoms with Crippen molar-refractivity contribution >= 4 is 34.8 Å². The molecular formula is C10H12ClNO3S. The highest BCUT2D eigenvalue weighted by Gasteiger charge is 2.19. The summed E-state index contributed by atoms with van der Waals surface area (Å²) in [5.74, 6) is -0.537. The van der Waals surface area contributed by atoms with Crippen molar-refractivity contribution in [1.82, 2.24) is 4.90 Å². The van der Waals surface area contributed by atoms with Gasteiger partial charge < -0.3 is 9.64 Å². The number of thiophene rings is 1. The molecule has 1 aromatic rings. The molecular weight excluding hydrogens is 250 g/mol. The number of ether oxygens (including phenoxy) is 1. The molecule has 0 radical (unpaired) electrons. The molecule has 6 heteroatoms. The van der Waals surface area contributed by atoms with Crippen LogP contribution in [0.3, 0.4) is 0 Å². The zero-order valence-electron chi connectivity index (χ0n) is 9.24. The average Bonchev–Trinajstić information content (AvgIpc) is 2.59. The van der Waals surface area contributed by atoms with E-state index < -0.39 is 0 Å². The largest absolute Gasteiger partial charge is 0.469 e. The van der Waals surface area contributed by atoms with E-state index in [0.717, 1.165) is 0 Å². The van der Waals surface area contributed by atoms with Gasteiger partial charge in [-0.1, -0.05) is 11.6 Å². The summed E-state index contributed by atoms with van der Waals surface area (Å²) in [7, 11) is 4.61. The molecule has 1 heterocycles. The minimum Gasteiger partial charge on any atom is -0.469 e. The summed E-state index contributed by atoms with van der Waals surface area (Å²) < 4.78 is 4.54. The second kappa shape index (κ2) is 5.32. The Balaban J connectivity index is 2.92. The summed E-state index contributed by atoms with van der Waals surface area (Å²) >= 11 is 7.30. The second-order valence-electron chi connectivity index (χ2n) is 3.34. The van der Waals surface area contributed by atoms with Crippen molar-refractivity contribution in [2.24, 2.45) is 0 Å². The van der Waals surface area contributed by atoms with Gasteiger partial charge in [-0.3, -0.25) is 9.59 Å².